The van der Waals surface area contributed by atoms with Crippen LogP contribution in [0.2, 0.25) is 0 Å². The fraction of sp³-hybridized carbons (Fsp3) is 0.667. The van der Waals surface area contributed by atoms with Gasteiger partial charge in [-0.1, -0.05) is 26.0 Å². The number of hydrogen-bond donors (Lipinski definition) is 1. The van der Waals surface area contributed by atoms with E-state index >= 15 is 0 Å². The molecule has 1 aromatic carbocycles. The Balaban J connectivity index is 2.32. The van der Waals surface area contributed by atoms with E-state index in [0.717, 1.165) is 19.0 Å². The molecule has 1 unspecified atom stereocenters. The monoisotopic (exact) mass is 274 g/mol. The molecule has 2 heteroatoms. The highest BCUT2D eigenvalue weighted by Crippen LogP contribution is 2.31. The topological polar surface area (TPSA) is 15.3 Å². The second-order valence-electron chi connectivity index (χ2n) is 6.72. The SMILES string of the molecule is Cc1cc(C)c(C(CC(C)C)N2CCNCC2)cc1C. The summed E-state index contributed by atoms with van der Waals surface area (Å²) in [6, 6.07) is 5.37. The van der Waals surface area contributed by atoms with Gasteiger partial charge >= 0.3 is 0 Å². The van der Waals surface area contributed by atoms with Crippen LogP contribution in [0, 0.1) is 26.7 Å². The largest absolute Gasteiger partial charge is 0.314 e. The summed E-state index contributed by atoms with van der Waals surface area (Å²) in [5.41, 5.74) is 5.84. The first kappa shape index (κ1) is 15.5. The van der Waals surface area contributed by atoms with E-state index in [-0.39, 0.29) is 0 Å². The second kappa shape index (κ2) is 6.73. The highest BCUT2D eigenvalue weighted by atomic mass is 15.2. The predicted octanol–water partition coefficient (Wildman–Crippen LogP) is 3.60. The van der Waals surface area contributed by atoms with Gasteiger partial charge in [0.25, 0.3) is 0 Å². The maximum atomic E-state index is 3.47. The number of hydrogen-bond acceptors (Lipinski definition) is 2. The molecule has 2 rings (SSSR count). The summed E-state index contributed by atoms with van der Waals surface area (Å²) in [7, 11) is 0. The van der Waals surface area contributed by atoms with E-state index in [4.69, 9.17) is 0 Å². The molecule has 1 N–H and O–H groups in total. The van der Waals surface area contributed by atoms with Crippen LogP contribution in [0.15, 0.2) is 12.1 Å². The molecule has 1 saturated heterocycles. The lowest BCUT2D eigenvalue weighted by atomic mass is 9.89. The zero-order valence-corrected chi connectivity index (χ0v) is 13.8. The third-order valence-electron chi connectivity index (χ3n) is 4.53. The Labute approximate surface area is 124 Å². The maximum absolute atomic E-state index is 3.47. The zero-order valence-electron chi connectivity index (χ0n) is 13.8. The number of aryl methyl sites for hydroxylation is 3. The highest BCUT2D eigenvalue weighted by molar-refractivity contribution is 5.38. The number of nitrogens with zero attached hydrogens (tertiary/aromatic N) is 1. The summed E-state index contributed by atoms with van der Waals surface area (Å²) in [6.07, 6.45) is 1.25. The first-order chi connectivity index (χ1) is 9.49. The van der Waals surface area contributed by atoms with Gasteiger partial charge in [0.2, 0.25) is 0 Å². The second-order valence-corrected chi connectivity index (χ2v) is 6.72. The molecule has 0 radical (unpaired) electrons. The molecule has 1 fully saturated rings. The van der Waals surface area contributed by atoms with Crippen molar-refractivity contribution in [3.05, 3.63) is 34.4 Å². The van der Waals surface area contributed by atoms with E-state index < -0.39 is 0 Å². The third kappa shape index (κ3) is 3.62. The fourth-order valence-corrected chi connectivity index (χ4v) is 3.25. The van der Waals surface area contributed by atoms with Gasteiger partial charge in [0, 0.05) is 32.2 Å². The average Bonchev–Trinajstić information content (AvgIpc) is 2.41. The number of piperazine rings is 1. The lowest BCUT2D eigenvalue weighted by Gasteiger charge is -2.37. The summed E-state index contributed by atoms with van der Waals surface area (Å²) in [4.78, 5) is 2.67. The Morgan fingerprint density at radius 3 is 2.20 bits per heavy atom. The highest BCUT2D eigenvalue weighted by Gasteiger charge is 2.24. The Bertz CT molecular complexity index is 445. The molecule has 1 aromatic rings. The summed E-state index contributed by atoms with van der Waals surface area (Å²) < 4.78 is 0. The molecule has 2 nitrogen and oxygen atoms in total. The van der Waals surface area contributed by atoms with Crippen molar-refractivity contribution in [2.24, 2.45) is 5.92 Å². The quantitative estimate of drug-likeness (QED) is 0.902. The van der Waals surface area contributed by atoms with E-state index in [2.05, 4.69) is 57.0 Å². The van der Waals surface area contributed by atoms with Crippen molar-refractivity contribution in [2.75, 3.05) is 26.2 Å². The van der Waals surface area contributed by atoms with E-state index in [1.807, 2.05) is 0 Å². The standard InChI is InChI=1S/C18H30N2/c1-13(2)10-18(20-8-6-19-7-9-20)17-12-15(4)14(3)11-16(17)5/h11-13,18-19H,6-10H2,1-5H3. The Hall–Kier alpha value is -0.860. The van der Waals surface area contributed by atoms with Gasteiger partial charge in [-0.2, -0.15) is 0 Å². The van der Waals surface area contributed by atoms with Gasteiger partial charge in [0.15, 0.2) is 0 Å². The van der Waals surface area contributed by atoms with Crippen molar-refractivity contribution in [3.8, 4) is 0 Å². The van der Waals surface area contributed by atoms with Crippen LogP contribution in [-0.4, -0.2) is 31.1 Å². The minimum atomic E-state index is 0.580. The summed E-state index contributed by atoms with van der Waals surface area (Å²) in [6.45, 7) is 16.0. The molecule has 0 spiro atoms. The Kier molecular flexibility index (Phi) is 5.22. The van der Waals surface area contributed by atoms with E-state index in [9.17, 15) is 0 Å². The van der Waals surface area contributed by atoms with Crippen LogP contribution in [0.3, 0.4) is 0 Å². The van der Waals surface area contributed by atoms with E-state index in [0.29, 0.717) is 6.04 Å². The Morgan fingerprint density at radius 2 is 1.60 bits per heavy atom. The number of benzene rings is 1. The fourth-order valence-electron chi connectivity index (χ4n) is 3.25. The first-order valence-corrected chi connectivity index (χ1v) is 8.01. The summed E-state index contributed by atoms with van der Waals surface area (Å²) in [5, 5.41) is 3.47. The molecule has 112 valence electrons. The molecule has 1 heterocycles. The third-order valence-corrected chi connectivity index (χ3v) is 4.53. The van der Waals surface area contributed by atoms with Crippen LogP contribution in [0.1, 0.15) is 48.6 Å². The first-order valence-electron chi connectivity index (χ1n) is 8.01. The molecule has 0 saturated carbocycles. The zero-order chi connectivity index (χ0) is 14.7. The number of rotatable bonds is 4. The molecular weight excluding hydrogens is 244 g/mol. The van der Waals surface area contributed by atoms with Crippen molar-refractivity contribution < 1.29 is 0 Å². The minimum Gasteiger partial charge on any atom is -0.314 e. The van der Waals surface area contributed by atoms with Gasteiger partial charge < -0.3 is 5.32 Å². The van der Waals surface area contributed by atoms with Gasteiger partial charge in [0.05, 0.1) is 0 Å². The van der Waals surface area contributed by atoms with Crippen LogP contribution in [0.5, 0.6) is 0 Å². The Morgan fingerprint density at radius 1 is 1.00 bits per heavy atom. The molecule has 0 aliphatic carbocycles. The molecule has 1 aliphatic heterocycles. The van der Waals surface area contributed by atoms with Gasteiger partial charge in [-0.3, -0.25) is 4.90 Å². The summed E-state index contributed by atoms with van der Waals surface area (Å²) in [5.74, 6) is 0.732. The lowest BCUT2D eigenvalue weighted by Crippen LogP contribution is -2.45. The van der Waals surface area contributed by atoms with Crippen LogP contribution < -0.4 is 5.32 Å². The molecule has 20 heavy (non-hydrogen) atoms. The van der Waals surface area contributed by atoms with Crippen LogP contribution in [-0.2, 0) is 0 Å². The average molecular weight is 274 g/mol. The van der Waals surface area contributed by atoms with E-state index in [1.54, 1.807) is 5.56 Å². The van der Waals surface area contributed by atoms with Crippen molar-refractivity contribution in [1.29, 1.82) is 0 Å². The number of nitrogens with one attached hydrogen (secondary N) is 1. The van der Waals surface area contributed by atoms with Gasteiger partial charge in [-0.05, 0) is 55.4 Å². The molecule has 1 atom stereocenters. The minimum absolute atomic E-state index is 0.580. The van der Waals surface area contributed by atoms with Crippen LogP contribution in [0.4, 0.5) is 0 Å². The van der Waals surface area contributed by atoms with Crippen molar-refractivity contribution in [2.45, 2.75) is 47.1 Å². The molecular formula is C18H30N2. The molecule has 0 aromatic heterocycles. The lowest BCUT2D eigenvalue weighted by molar-refractivity contribution is 0.153. The van der Waals surface area contributed by atoms with Crippen molar-refractivity contribution in [3.63, 3.8) is 0 Å². The van der Waals surface area contributed by atoms with Gasteiger partial charge in [-0.25, -0.2) is 0 Å². The molecule has 0 amide bonds. The molecule has 0 bridgehead atoms. The van der Waals surface area contributed by atoms with E-state index in [1.165, 1.54) is 36.2 Å². The van der Waals surface area contributed by atoms with Crippen molar-refractivity contribution >= 4 is 0 Å². The predicted molar refractivity (Wildman–Crippen MR) is 87.3 cm³/mol. The van der Waals surface area contributed by atoms with Gasteiger partial charge in [0.1, 0.15) is 0 Å². The molecule has 1 aliphatic rings. The van der Waals surface area contributed by atoms with Crippen LogP contribution in [0.25, 0.3) is 0 Å². The smallest absolute Gasteiger partial charge is 0.0354 e. The normalized spacial score (nSPS) is 18.5. The maximum Gasteiger partial charge on any atom is 0.0354 e. The van der Waals surface area contributed by atoms with Crippen LogP contribution >= 0.6 is 0 Å². The van der Waals surface area contributed by atoms with Crippen molar-refractivity contribution in [1.82, 2.24) is 10.2 Å². The van der Waals surface area contributed by atoms with Gasteiger partial charge in [-0.15, -0.1) is 0 Å². The summed E-state index contributed by atoms with van der Waals surface area (Å²) >= 11 is 0.